The molecule has 0 spiro atoms. The molecule has 0 aliphatic heterocycles. The fourth-order valence-electron chi connectivity index (χ4n) is 2.84. The Morgan fingerprint density at radius 3 is 1.36 bits per heavy atom. The lowest BCUT2D eigenvalue weighted by Gasteiger charge is -2.24. The normalized spacial score (nSPS) is 25.9. The molecule has 0 aromatic heterocycles. The van der Waals surface area contributed by atoms with Crippen molar-refractivity contribution in [2.24, 2.45) is 16.7 Å². The van der Waals surface area contributed by atoms with Crippen LogP contribution in [0.1, 0.15) is 74.1 Å². The van der Waals surface area contributed by atoms with Crippen LogP contribution >= 0.6 is 0 Å². The van der Waals surface area contributed by atoms with Crippen LogP contribution in [0.25, 0.3) is 0 Å². The van der Waals surface area contributed by atoms with E-state index in [9.17, 15) is 0 Å². The fourth-order valence-corrected chi connectivity index (χ4v) is 2.84. The zero-order valence-electron chi connectivity index (χ0n) is 11.4. The molecule has 0 heterocycles. The van der Waals surface area contributed by atoms with Crippen LogP contribution in [0.4, 0.5) is 0 Å². The summed E-state index contributed by atoms with van der Waals surface area (Å²) < 4.78 is 0. The van der Waals surface area contributed by atoms with Crippen LogP contribution in [-0.2, 0) is 0 Å². The predicted molar refractivity (Wildman–Crippen MR) is 66.5 cm³/mol. The van der Waals surface area contributed by atoms with Crippen molar-refractivity contribution in [3.8, 4) is 0 Å². The Morgan fingerprint density at radius 2 is 1.07 bits per heavy atom. The van der Waals surface area contributed by atoms with Crippen molar-refractivity contribution in [1.82, 2.24) is 0 Å². The van der Waals surface area contributed by atoms with E-state index in [2.05, 4.69) is 34.6 Å². The van der Waals surface area contributed by atoms with Crippen LogP contribution in [0, 0.1) is 16.7 Å². The van der Waals surface area contributed by atoms with Gasteiger partial charge in [0.15, 0.2) is 0 Å². The molecule has 0 aromatic rings. The first-order valence-electron chi connectivity index (χ1n) is 6.31. The summed E-state index contributed by atoms with van der Waals surface area (Å²) >= 11 is 0. The minimum absolute atomic E-state index is 0.590. The van der Waals surface area contributed by atoms with Crippen molar-refractivity contribution in [2.45, 2.75) is 74.1 Å². The van der Waals surface area contributed by atoms with E-state index in [0.717, 1.165) is 5.92 Å². The molecule has 0 heteroatoms. The Balaban J connectivity index is 0.000000791. The number of rotatable bonds is 0. The zero-order chi connectivity index (χ0) is 11.4. The highest BCUT2D eigenvalue weighted by Crippen LogP contribution is 2.44. The highest BCUT2D eigenvalue weighted by atomic mass is 14.4. The lowest BCUT2D eigenvalue weighted by atomic mass is 9.81. The van der Waals surface area contributed by atoms with Gasteiger partial charge in [0, 0.05) is 0 Å². The second-order valence-corrected chi connectivity index (χ2v) is 6.34. The van der Waals surface area contributed by atoms with Crippen LogP contribution in [0.3, 0.4) is 0 Å². The summed E-state index contributed by atoms with van der Waals surface area (Å²) in [6, 6.07) is 0. The average Bonchev–Trinajstić information content (AvgIpc) is 2.11. The minimum atomic E-state index is 0.590. The van der Waals surface area contributed by atoms with Gasteiger partial charge in [-0.05, 0) is 42.4 Å². The maximum absolute atomic E-state index is 2.42. The van der Waals surface area contributed by atoms with Crippen molar-refractivity contribution in [3.05, 3.63) is 0 Å². The van der Waals surface area contributed by atoms with Crippen LogP contribution in [0.2, 0.25) is 0 Å². The standard InChI is InChI=1S/C12H24.C2H6/c1-10-8-11(2,3)6-7-12(4,5)9-10;1-2/h10H,6-9H2,1-5H3;1-2H3. The summed E-state index contributed by atoms with van der Waals surface area (Å²) in [5, 5.41) is 0. The molecule has 0 unspecified atom stereocenters. The summed E-state index contributed by atoms with van der Waals surface area (Å²) in [6.45, 7) is 16.1. The Bertz CT molecular complexity index is 135. The second-order valence-electron chi connectivity index (χ2n) is 6.34. The van der Waals surface area contributed by atoms with E-state index >= 15 is 0 Å². The molecule has 0 atom stereocenters. The molecule has 1 aliphatic carbocycles. The summed E-state index contributed by atoms with van der Waals surface area (Å²) in [7, 11) is 0. The number of hydrogen-bond acceptors (Lipinski definition) is 0. The Morgan fingerprint density at radius 1 is 0.786 bits per heavy atom. The van der Waals surface area contributed by atoms with Gasteiger partial charge < -0.3 is 0 Å². The quantitative estimate of drug-likeness (QED) is 0.465. The summed E-state index contributed by atoms with van der Waals surface area (Å²) in [4.78, 5) is 0. The van der Waals surface area contributed by atoms with Gasteiger partial charge in [-0.15, -0.1) is 0 Å². The molecule has 14 heavy (non-hydrogen) atoms. The van der Waals surface area contributed by atoms with Gasteiger partial charge >= 0.3 is 0 Å². The van der Waals surface area contributed by atoms with Gasteiger partial charge in [0.1, 0.15) is 0 Å². The van der Waals surface area contributed by atoms with Gasteiger partial charge in [-0.1, -0.05) is 48.5 Å². The van der Waals surface area contributed by atoms with Gasteiger partial charge in [-0.2, -0.15) is 0 Å². The third kappa shape index (κ3) is 5.02. The molecule has 0 N–H and O–H groups in total. The van der Waals surface area contributed by atoms with Crippen molar-refractivity contribution in [1.29, 1.82) is 0 Å². The molecule has 1 aliphatic rings. The van der Waals surface area contributed by atoms with Gasteiger partial charge in [0.05, 0.1) is 0 Å². The fraction of sp³-hybridized carbons (Fsp3) is 1.00. The zero-order valence-corrected chi connectivity index (χ0v) is 11.4. The van der Waals surface area contributed by atoms with Crippen molar-refractivity contribution in [3.63, 3.8) is 0 Å². The third-order valence-electron chi connectivity index (χ3n) is 3.28. The van der Waals surface area contributed by atoms with Crippen LogP contribution in [0.15, 0.2) is 0 Å². The highest BCUT2D eigenvalue weighted by Gasteiger charge is 2.31. The molecule has 1 saturated carbocycles. The molecule has 0 nitrogen and oxygen atoms in total. The average molecular weight is 198 g/mol. The Hall–Kier alpha value is 0. The maximum Gasteiger partial charge on any atom is -0.0351 e. The lowest BCUT2D eigenvalue weighted by Crippen LogP contribution is -2.12. The maximum atomic E-state index is 2.42. The lowest BCUT2D eigenvalue weighted by molar-refractivity contribution is 0.275. The van der Waals surface area contributed by atoms with Gasteiger partial charge in [-0.3, -0.25) is 0 Å². The van der Waals surface area contributed by atoms with E-state index in [1.807, 2.05) is 13.8 Å². The molecule has 0 bridgehead atoms. The molecule has 0 amide bonds. The number of hydrogen-bond donors (Lipinski definition) is 0. The van der Waals surface area contributed by atoms with E-state index in [1.54, 1.807) is 0 Å². The predicted octanol–water partition coefficient (Wildman–Crippen LogP) is 5.28. The topological polar surface area (TPSA) is 0 Å². The smallest absolute Gasteiger partial charge is 0.0351 e. The minimum Gasteiger partial charge on any atom is -0.0683 e. The van der Waals surface area contributed by atoms with Crippen molar-refractivity contribution < 1.29 is 0 Å². The highest BCUT2D eigenvalue weighted by molar-refractivity contribution is 4.83. The first-order valence-corrected chi connectivity index (χ1v) is 6.31. The van der Waals surface area contributed by atoms with Crippen molar-refractivity contribution in [2.75, 3.05) is 0 Å². The molecule has 86 valence electrons. The van der Waals surface area contributed by atoms with Crippen LogP contribution < -0.4 is 0 Å². The summed E-state index contributed by atoms with van der Waals surface area (Å²) in [5.74, 6) is 0.914. The molecule has 0 saturated heterocycles. The third-order valence-corrected chi connectivity index (χ3v) is 3.28. The summed E-state index contributed by atoms with van der Waals surface area (Å²) in [5.41, 5.74) is 1.18. The molecular formula is C14H30. The molecule has 0 aromatic carbocycles. The molecule has 0 radical (unpaired) electrons. The van der Waals surface area contributed by atoms with E-state index in [0.29, 0.717) is 10.8 Å². The van der Waals surface area contributed by atoms with Crippen LogP contribution in [-0.4, -0.2) is 0 Å². The van der Waals surface area contributed by atoms with Gasteiger partial charge in [-0.25, -0.2) is 0 Å². The van der Waals surface area contributed by atoms with E-state index in [1.165, 1.54) is 25.7 Å². The van der Waals surface area contributed by atoms with Gasteiger partial charge in [0.2, 0.25) is 0 Å². The Labute approximate surface area is 91.5 Å². The molecule has 1 rings (SSSR count). The van der Waals surface area contributed by atoms with Gasteiger partial charge in [0.25, 0.3) is 0 Å². The largest absolute Gasteiger partial charge is 0.0683 e. The monoisotopic (exact) mass is 198 g/mol. The Kier molecular flexibility index (Phi) is 5.19. The summed E-state index contributed by atoms with van der Waals surface area (Å²) in [6.07, 6.45) is 5.64. The molecule has 1 fully saturated rings. The second kappa shape index (κ2) is 5.19. The van der Waals surface area contributed by atoms with E-state index < -0.39 is 0 Å². The van der Waals surface area contributed by atoms with E-state index in [-0.39, 0.29) is 0 Å². The van der Waals surface area contributed by atoms with Crippen LogP contribution in [0.5, 0.6) is 0 Å². The SMILES string of the molecule is CC.CC1CC(C)(C)CCC(C)(C)C1. The first-order chi connectivity index (χ1) is 6.31. The molecular weight excluding hydrogens is 168 g/mol. The van der Waals surface area contributed by atoms with E-state index in [4.69, 9.17) is 0 Å². The van der Waals surface area contributed by atoms with Crippen molar-refractivity contribution >= 4 is 0 Å². The first kappa shape index (κ1) is 14.0.